The molecule has 4 nitrogen and oxygen atoms in total. The molecule has 0 saturated heterocycles. The molecule has 22 heavy (non-hydrogen) atoms. The number of unbranched alkanes of at least 4 members (excludes halogenated alkanes) is 8. The van der Waals surface area contributed by atoms with Crippen LogP contribution in [0.15, 0.2) is 23.9 Å². The average Bonchev–Trinajstić information content (AvgIpc) is 2.50. The molecule has 0 N–H and O–H groups in total. The van der Waals surface area contributed by atoms with Gasteiger partial charge in [-0.1, -0.05) is 51.2 Å². The molecule has 4 heteroatoms. The van der Waals surface area contributed by atoms with Gasteiger partial charge in [-0.15, -0.1) is 0 Å². The molecule has 0 radical (unpaired) electrons. The van der Waals surface area contributed by atoms with E-state index in [0.29, 0.717) is 25.0 Å². The molecule has 0 bridgehead atoms. The molecule has 0 fully saturated rings. The van der Waals surface area contributed by atoms with E-state index in [1.807, 2.05) is 6.08 Å². The lowest BCUT2D eigenvalue weighted by molar-refractivity contribution is -0.428. The molecule has 0 rings (SSSR count). The van der Waals surface area contributed by atoms with E-state index in [4.69, 9.17) is 0 Å². The van der Waals surface area contributed by atoms with Crippen LogP contribution in [-0.4, -0.2) is 11.2 Å². The number of aldehydes is 1. The lowest BCUT2D eigenvalue weighted by atomic mass is 10.1. The van der Waals surface area contributed by atoms with Gasteiger partial charge in [0.05, 0.1) is 4.92 Å². The predicted octanol–water partition coefficient (Wildman–Crippen LogP) is 5.60. The second kappa shape index (κ2) is 15.9. The lowest BCUT2D eigenvalue weighted by Crippen LogP contribution is -1.98. The van der Waals surface area contributed by atoms with Crippen LogP contribution in [0.5, 0.6) is 0 Å². The third kappa shape index (κ3) is 13.5. The fraction of sp³-hybridized carbons (Fsp3) is 0.722. The van der Waals surface area contributed by atoms with Crippen molar-refractivity contribution in [2.24, 2.45) is 0 Å². The van der Waals surface area contributed by atoms with Gasteiger partial charge in [-0.25, -0.2) is 0 Å². The minimum absolute atomic E-state index is 0.247. The number of hydrogen-bond donors (Lipinski definition) is 0. The lowest BCUT2D eigenvalue weighted by Gasteiger charge is -1.98. The third-order valence-corrected chi connectivity index (χ3v) is 3.62. The first-order chi connectivity index (χ1) is 10.7. The molecule has 0 aromatic rings. The maximum atomic E-state index is 10.9. The van der Waals surface area contributed by atoms with Crippen molar-refractivity contribution >= 4 is 6.29 Å². The normalized spacial score (nSPS) is 12.0. The number of rotatable bonds is 15. The standard InChI is InChI=1S/C18H31NO3/c1-2-3-12-15-18(19(21)22)16-13-10-8-6-4-5-7-9-11-14-17-20/h8,10,16-17H,2-7,9,11-15H2,1H3/b10-8+,18-16+. The van der Waals surface area contributed by atoms with Gasteiger partial charge in [0.15, 0.2) is 0 Å². The molecule has 0 aliphatic rings. The van der Waals surface area contributed by atoms with E-state index >= 15 is 0 Å². The van der Waals surface area contributed by atoms with Gasteiger partial charge < -0.3 is 4.79 Å². The molecule has 0 unspecified atom stereocenters. The van der Waals surface area contributed by atoms with E-state index in [2.05, 4.69) is 13.0 Å². The van der Waals surface area contributed by atoms with Gasteiger partial charge in [0.25, 0.3) is 0 Å². The first kappa shape index (κ1) is 20.6. The van der Waals surface area contributed by atoms with E-state index in [1.165, 1.54) is 12.8 Å². The van der Waals surface area contributed by atoms with Crippen LogP contribution >= 0.6 is 0 Å². The second-order valence-corrected chi connectivity index (χ2v) is 5.63. The second-order valence-electron chi connectivity index (χ2n) is 5.63. The highest BCUT2D eigenvalue weighted by molar-refractivity contribution is 5.48. The van der Waals surface area contributed by atoms with Gasteiger partial charge in [-0.2, -0.15) is 0 Å². The maximum absolute atomic E-state index is 10.9. The van der Waals surface area contributed by atoms with Crippen molar-refractivity contribution in [3.63, 3.8) is 0 Å². The summed E-state index contributed by atoms with van der Waals surface area (Å²) in [5.41, 5.74) is 0.355. The van der Waals surface area contributed by atoms with Crippen molar-refractivity contribution in [1.82, 2.24) is 0 Å². The Balaban J connectivity index is 3.69. The van der Waals surface area contributed by atoms with E-state index in [0.717, 1.165) is 51.2 Å². The monoisotopic (exact) mass is 309 g/mol. The van der Waals surface area contributed by atoms with Crippen LogP contribution in [0.4, 0.5) is 0 Å². The van der Waals surface area contributed by atoms with Gasteiger partial charge in [0.1, 0.15) is 6.29 Å². The summed E-state index contributed by atoms with van der Waals surface area (Å²) < 4.78 is 0. The van der Waals surface area contributed by atoms with Crippen LogP contribution in [0.2, 0.25) is 0 Å². The Morgan fingerprint density at radius 1 is 0.955 bits per heavy atom. The number of nitro groups is 1. The molecule has 0 saturated carbocycles. The number of hydrogen-bond acceptors (Lipinski definition) is 3. The van der Waals surface area contributed by atoms with Crippen molar-refractivity contribution in [2.45, 2.75) is 84.0 Å². The number of carbonyl (C=O) groups excluding carboxylic acids is 1. The zero-order valence-corrected chi connectivity index (χ0v) is 14.0. The Kier molecular flexibility index (Phi) is 14.9. The van der Waals surface area contributed by atoms with Crippen molar-refractivity contribution < 1.29 is 9.72 Å². The Morgan fingerprint density at radius 3 is 2.27 bits per heavy atom. The summed E-state index contributed by atoms with van der Waals surface area (Å²) in [5, 5.41) is 10.9. The van der Waals surface area contributed by atoms with Gasteiger partial charge in [0.2, 0.25) is 5.70 Å². The van der Waals surface area contributed by atoms with Crippen LogP contribution < -0.4 is 0 Å². The average molecular weight is 309 g/mol. The molecule has 126 valence electrons. The van der Waals surface area contributed by atoms with Gasteiger partial charge in [-0.05, 0) is 38.2 Å². The summed E-state index contributed by atoms with van der Waals surface area (Å²) >= 11 is 0. The van der Waals surface area contributed by atoms with Crippen molar-refractivity contribution in [2.75, 3.05) is 0 Å². The molecular formula is C18H31NO3. The maximum Gasteiger partial charge on any atom is 0.242 e. The fourth-order valence-corrected chi connectivity index (χ4v) is 2.26. The summed E-state index contributed by atoms with van der Waals surface area (Å²) in [6.45, 7) is 2.10. The van der Waals surface area contributed by atoms with Crippen molar-refractivity contribution in [3.05, 3.63) is 34.0 Å². The first-order valence-electron chi connectivity index (χ1n) is 8.64. The number of nitrogens with zero attached hydrogens (tertiary/aromatic N) is 1. The van der Waals surface area contributed by atoms with Crippen molar-refractivity contribution in [1.29, 1.82) is 0 Å². The number of allylic oxidation sites excluding steroid dienone is 4. The molecule has 0 spiro atoms. The first-order valence-corrected chi connectivity index (χ1v) is 8.64. The highest BCUT2D eigenvalue weighted by atomic mass is 16.6. The van der Waals surface area contributed by atoms with E-state index in [1.54, 1.807) is 6.08 Å². The molecule has 0 aliphatic heterocycles. The smallest absolute Gasteiger partial charge is 0.242 e. The van der Waals surface area contributed by atoms with Crippen LogP contribution in [0.3, 0.4) is 0 Å². The van der Waals surface area contributed by atoms with Crippen LogP contribution in [0.25, 0.3) is 0 Å². The van der Waals surface area contributed by atoms with Gasteiger partial charge in [-0.3, -0.25) is 10.1 Å². The van der Waals surface area contributed by atoms with Crippen LogP contribution in [0.1, 0.15) is 84.0 Å². The summed E-state index contributed by atoms with van der Waals surface area (Å²) in [7, 11) is 0. The molecule has 0 heterocycles. The molecule has 0 atom stereocenters. The summed E-state index contributed by atoms with van der Waals surface area (Å²) in [6, 6.07) is 0. The van der Waals surface area contributed by atoms with E-state index < -0.39 is 0 Å². The Bertz CT molecular complexity index is 348. The Hall–Kier alpha value is -1.45. The highest BCUT2D eigenvalue weighted by Crippen LogP contribution is 2.11. The molecular weight excluding hydrogens is 278 g/mol. The molecule has 0 aliphatic carbocycles. The minimum atomic E-state index is -0.247. The Labute approximate surface area is 134 Å². The molecule has 0 amide bonds. The zero-order valence-electron chi connectivity index (χ0n) is 14.0. The number of carbonyl (C=O) groups is 1. The zero-order chi connectivity index (χ0) is 16.5. The summed E-state index contributed by atoms with van der Waals surface area (Å²) in [4.78, 5) is 20.8. The summed E-state index contributed by atoms with van der Waals surface area (Å²) in [6.07, 6.45) is 18.5. The van der Waals surface area contributed by atoms with Gasteiger partial charge in [0, 0.05) is 12.8 Å². The summed E-state index contributed by atoms with van der Waals surface area (Å²) in [5.74, 6) is 0. The van der Waals surface area contributed by atoms with Crippen LogP contribution in [0, 0.1) is 10.1 Å². The molecule has 0 aromatic heterocycles. The van der Waals surface area contributed by atoms with Crippen molar-refractivity contribution in [3.8, 4) is 0 Å². The topological polar surface area (TPSA) is 60.2 Å². The molecule has 0 aromatic carbocycles. The van der Waals surface area contributed by atoms with Gasteiger partial charge >= 0.3 is 0 Å². The Morgan fingerprint density at radius 2 is 1.64 bits per heavy atom. The van der Waals surface area contributed by atoms with E-state index in [9.17, 15) is 14.9 Å². The third-order valence-electron chi connectivity index (χ3n) is 3.62. The quantitative estimate of drug-likeness (QED) is 0.130. The predicted molar refractivity (Wildman–Crippen MR) is 91.4 cm³/mol. The fourth-order valence-electron chi connectivity index (χ4n) is 2.26. The largest absolute Gasteiger partial charge is 0.303 e. The minimum Gasteiger partial charge on any atom is -0.303 e. The highest BCUT2D eigenvalue weighted by Gasteiger charge is 2.08. The van der Waals surface area contributed by atoms with E-state index in [-0.39, 0.29) is 4.92 Å². The SMILES string of the molecule is CCCCC/C(=C\C/C=C/CCCCCCCC=O)[N+](=O)[O-]. The van der Waals surface area contributed by atoms with Crippen LogP contribution in [-0.2, 0) is 4.79 Å².